The van der Waals surface area contributed by atoms with Crippen molar-refractivity contribution in [2.75, 3.05) is 0 Å². The summed E-state index contributed by atoms with van der Waals surface area (Å²) in [7, 11) is 0. The summed E-state index contributed by atoms with van der Waals surface area (Å²) in [6, 6.07) is 6.26. The SMILES string of the molecule is Cc1cc2c(C)cc(Br)nc2cc1Br. The molecule has 3 heteroatoms. The van der Waals surface area contributed by atoms with Crippen LogP contribution < -0.4 is 0 Å². The maximum absolute atomic E-state index is 4.43. The Morgan fingerprint density at radius 2 is 1.71 bits per heavy atom. The predicted octanol–water partition coefficient (Wildman–Crippen LogP) is 4.38. The largest absolute Gasteiger partial charge is 0.241 e. The fourth-order valence-electron chi connectivity index (χ4n) is 1.48. The zero-order valence-electron chi connectivity index (χ0n) is 7.94. The first-order valence-electron chi connectivity index (χ1n) is 4.31. The molecule has 0 amide bonds. The molecule has 0 saturated heterocycles. The highest BCUT2D eigenvalue weighted by Gasteiger charge is 2.03. The molecule has 0 aliphatic carbocycles. The molecule has 0 fully saturated rings. The second-order valence-electron chi connectivity index (χ2n) is 3.38. The Bertz CT molecular complexity index is 506. The molecule has 14 heavy (non-hydrogen) atoms. The van der Waals surface area contributed by atoms with Crippen LogP contribution in [0.15, 0.2) is 27.3 Å². The summed E-state index contributed by atoms with van der Waals surface area (Å²) in [4.78, 5) is 4.43. The number of pyridine rings is 1. The molecule has 2 aromatic rings. The molecule has 0 radical (unpaired) electrons. The summed E-state index contributed by atoms with van der Waals surface area (Å²) in [6.45, 7) is 4.19. The van der Waals surface area contributed by atoms with Gasteiger partial charge in [0.25, 0.3) is 0 Å². The fourth-order valence-corrected chi connectivity index (χ4v) is 2.35. The van der Waals surface area contributed by atoms with Crippen molar-refractivity contribution in [3.63, 3.8) is 0 Å². The highest BCUT2D eigenvalue weighted by molar-refractivity contribution is 9.10. The summed E-state index contributed by atoms with van der Waals surface area (Å²) < 4.78 is 1.99. The van der Waals surface area contributed by atoms with E-state index >= 15 is 0 Å². The van der Waals surface area contributed by atoms with E-state index in [4.69, 9.17) is 0 Å². The molecule has 0 atom stereocenters. The summed E-state index contributed by atoms with van der Waals surface area (Å²) in [5.74, 6) is 0. The lowest BCUT2D eigenvalue weighted by molar-refractivity contribution is 1.30. The van der Waals surface area contributed by atoms with Gasteiger partial charge in [-0.25, -0.2) is 4.98 Å². The van der Waals surface area contributed by atoms with Gasteiger partial charge in [0.15, 0.2) is 0 Å². The number of aromatic nitrogens is 1. The van der Waals surface area contributed by atoms with E-state index < -0.39 is 0 Å². The second kappa shape index (κ2) is 3.63. The third kappa shape index (κ3) is 1.71. The van der Waals surface area contributed by atoms with Gasteiger partial charge in [0, 0.05) is 9.86 Å². The Balaban J connectivity index is 2.89. The maximum atomic E-state index is 4.43. The van der Waals surface area contributed by atoms with E-state index in [0.29, 0.717) is 0 Å². The van der Waals surface area contributed by atoms with Crippen molar-refractivity contribution in [1.29, 1.82) is 0 Å². The summed E-state index contributed by atoms with van der Waals surface area (Å²) >= 11 is 6.91. The van der Waals surface area contributed by atoms with Crippen molar-refractivity contribution in [2.24, 2.45) is 0 Å². The number of benzene rings is 1. The van der Waals surface area contributed by atoms with Crippen LogP contribution in [-0.4, -0.2) is 4.98 Å². The van der Waals surface area contributed by atoms with Crippen molar-refractivity contribution in [3.8, 4) is 0 Å². The minimum Gasteiger partial charge on any atom is -0.241 e. The molecule has 0 aliphatic heterocycles. The number of rotatable bonds is 0. The molecular formula is C11H9Br2N. The maximum Gasteiger partial charge on any atom is 0.107 e. The molecule has 72 valence electrons. The molecule has 1 aromatic carbocycles. The van der Waals surface area contributed by atoms with Gasteiger partial charge in [-0.2, -0.15) is 0 Å². The minimum absolute atomic E-state index is 0.887. The number of fused-ring (bicyclic) bond motifs is 1. The fraction of sp³-hybridized carbons (Fsp3) is 0.182. The Morgan fingerprint density at radius 1 is 1.00 bits per heavy atom. The van der Waals surface area contributed by atoms with E-state index in [0.717, 1.165) is 14.6 Å². The van der Waals surface area contributed by atoms with Crippen molar-refractivity contribution in [1.82, 2.24) is 4.98 Å². The molecule has 2 rings (SSSR count). The topological polar surface area (TPSA) is 12.9 Å². The van der Waals surface area contributed by atoms with Gasteiger partial charge in [-0.3, -0.25) is 0 Å². The third-order valence-corrected chi connectivity index (χ3v) is 3.53. The Kier molecular flexibility index (Phi) is 2.62. The first-order valence-corrected chi connectivity index (χ1v) is 5.89. The highest BCUT2D eigenvalue weighted by Crippen LogP contribution is 2.26. The van der Waals surface area contributed by atoms with Gasteiger partial charge in [-0.15, -0.1) is 0 Å². The normalized spacial score (nSPS) is 10.9. The van der Waals surface area contributed by atoms with E-state index in [9.17, 15) is 0 Å². The van der Waals surface area contributed by atoms with Crippen molar-refractivity contribution >= 4 is 42.8 Å². The van der Waals surface area contributed by atoms with E-state index in [1.165, 1.54) is 16.5 Å². The lowest BCUT2D eigenvalue weighted by Crippen LogP contribution is -1.86. The average molecular weight is 315 g/mol. The zero-order valence-corrected chi connectivity index (χ0v) is 11.1. The van der Waals surface area contributed by atoms with Crippen LogP contribution in [0.5, 0.6) is 0 Å². The van der Waals surface area contributed by atoms with Crippen LogP contribution in [0.2, 0.25) is 0 Å². The molecule has 0 spiro atoms. The lowest BCUT2D eigenvalue weighted by Gasteiger charge is -2.05. The van der Waals surface area contributed by atoms with E-state index in [-0.39, 0.29) is 0 Å². The Morgan fingerprint density at radius 3 is 2.43 bits per heavy atom. The minimum atomic E-state index is 0.887. The van der Waals surface area contributed by atoms with Crippen LogP contribution in [0.25, 0.3) is 10.9 Å². The molecular weight excluding hydrogens is 306 g/mol. The van der Waals surface area contributed by atoms with E-state index in [2.05, 4.69) is 62.8 Å². The van der Waals surface area contributed by atoms with Crippen molar-refractivity contribution in [2.45, 2.75) is 13.8 Å². The molecule has 0 N–H and O–H groups in total. The molecule has 0 aliphatic rings. The third-order valence-electron chi connectivity index (χ3n) is 2.26. The van der Waals surface area contributed by atoms with E-state index in [1.807, 2.05) is 6.07 Å². The number of hydrogen-bond donors (Lipinski definition) is 0. The average Bonchev–Trinajstić information content (AvgIpc) is 2.08. The quantitative estimate of drug-likeness (QED) is 0.658. The predicted molar refractivity (Wildman–Crippen MR) is 66.6 cm³/mol. The number of hydrogen-bond acceptors (Lipinski definition) is 1. The van der Waals surface area contributed by atoms with E-state index in [1.54, 1.807) is 0 Å². The van der Waals surface area contributed by atoms with Gasteiger partial charge < -0.3 is 0 Å². The van der Waals surface area contributed by atoms with Crippen LogP contribution in [0, 0.1) is 13.8 Å². The molecule has 0 bridgehead atoms. The number of aryl methyl sites for hydroxylation is 2. The lowest BCUT2D eigenvalue weighted by atomic mass is 10.1. The Hall–Kier alpha value is -0.410. The highest BCUT2D eigenvalue weighted by atomic mass is 79.9. The standard InChI is InChI=1S/C11H9Br2N/c1-6-4-11(13)14-10-5-9(12)7(2)3-8(6)10/h3-5H,1-2H3. The van der Waals surface area contributed by atoms with Crippen LogP contribution in [0.1, 0.15) is 11.1 Å². The van der Waals surface area contributed by atoms with Crippen molar-refractivity contribution < 1.29 is 0 Å². The van der Waals surface area contributed by atoms with Gasteiger partial charge in [0.2, 0.25) is 0 Å². The number of nitrogens with zero attached hydrogens (tertiary/aromatic N) is 1. The summed E-state index contributed by atoms with van der Waals surface area (Å²) in [5, 5.41) is 1.22. The first kappa shape index (κ1) is 10.1. The second-order valence-corrected chi connectivity index (χ2v) is 5.05. The van der Waals surface area contributed by atoms with Gasteiger partial charge in [0.1, 0.15) is 4.60 Å². The first-order chi connectivity index (χ1) is 6.58. The molecule has 1 aromatic heterocycles. The molecule has 1 nitrogen and oxygen atoms in total. The van der Waals surface area contributed by atoms with Crippen LogP contribution in [0.3, 0.4) is 0 Å². The molecule has 0 unspecified atom stereocenters. The summed E-state index contributed by atoms with van der Waals surface area (Å²) in [5.41, 5.74) is 3.51. The Labute approximate surface area is 99.8 Å². The van der Waals surface area contributed by atoms with Crippen molar-refractivity contribution in [3.05, 3.63) is 38.4 Å². The van der Waals surface area contributed by atoms with Gasteiger partial charge in [-0.1, -0.05) is 15.9 Å². The monoisotopic (exact) mass is 313 g/mol. The molecule has 1 heterocycles. The molecule has 0 saturated carbocycles. The smallest absolute Gasteiger partial charge is 0.107 e. The summed E-state index contributed by atoms with van der Waals surface area (Å²) in [6.07, 6.45) is 0. The van der Waals surface area contributed by atoms with Crippen LogP contribution in [-0.2, 0) is 0 Å². The van der Waals surface area contributed by atoms with Gasteiger partial charge in [-0.05, 0) is 59.1 Å². The van der Waals surface area contributed by atoms with Crippen LogP contribution >= 0.6 is 31.9 Å². The van der Waals surface area contributed by atoms with Gasteiger partial charge >= 0.3 is 0 Å². The zero-order chi connectivity index (χ0) is 10.3. The van der Waals surface area contributed by atoms with Crippen LogP contribution in [0.4, 0.5) is 0 Å². The van der Waals surface area contributed by atoms with Gasteiger partial charge in [0.05, 0.1) is 5.52 Å². The number of halogens is 2.